The fourth-order valence-electron chi connectivity index (χ4n) is 3.16. The van der Waals surface area contributed by atoms with Crippen molar-refractivity contribution >= 4 is 23.2 Å². The van der Waals surface area contributed by atoms with Crippen LogP contribution in [0.15, 0.2) is 41.3 Å². The fourth-order valence-corrected chi connectivity index (χ4v) is 3.35. The van der Waals surface area contributed by atoms with Gasteiger partial charge in [-0.15, -0.1) is 0 Å². The van der Waals surface area contributed by atoms with Crippen LogP contribution in [0.2, 0.25) is 5.02 Å². The molecule has 0 saturated carbocycles. The molecule has 1 amide bonds. The van der Waals surface area contributed by atoms with Crippen LogP contribution in [0.5, 0.6) is 5.75 Å². The van der Waals surface area contributed by atoms with Gasteiger partial charge >= 0.3 is 0 Å². The second-order valence-electron chi connectivity index (χ2n) is 6.33. The van der Waals surface area contributed by atoms with Crippen LogP contribution in [0.1, 0.15) is 5.69 Å². The Morgan fingerprint density at radius 2 is 1.96 bits per heavy atom. The molecule has 1 aromatic carbocycles. The van der Waals surface area contributed by atoms with Gasteiger partial charge in [0.15, 0.2) is 5.75 Å². The second kappa shape index (κ2) is 8.45. The van der Waals surface area contributed by atoms with Gasteiger partial charge in [0.05, 0.1) is 19.9 Å². The largest absolute Gasteiger partial charge is 0.491 e. The third kappa shape index (κ3) is 4.43. The van der Waals surface area contributed by atoms with E-state index in [0.717, 1.165) is 5.69 Å². The van der Waals surface area contributed by atoms with E-state index < -0.39 is 0 Å². The maximum atomic E-state index is 12.7. The Kier molecular flexibility index (Phi) is 6.03. The smallest absolute Gasteiger partial charge is 0.242 e. The number of aliphatic hydroxyl groups excluding tert-OH is 1. The number of ether oxygens (including phenoxy) is 1. The SMILES string of the molecule is COc1cn(CC(=O)N2CCN(c3cccc(Cl)c3)CC2)c(CO)cc1=O. The Labute approximate surface area is 162 Å². The van der Waals surface area contributed by atoms with E-state index in [1.54, 1.807) is 9.47 Å². The van der Waals surface area contributed by atoms with Crippen LogP contribution in [0.25, 0.3) is 0 Å². The lowest BCUT2D eigenvalue weighted by molar-refractivity contribution is -0.132. The average molecular weight is 392 g/mol. The highest BCUT2D eigenvalue weighted by Gasteiger charge is 2.22. The van der Waals surface area contributed by atoms with Crippen molar-refractivity contribution in [3.63, 3.8) is 0 Å². The van der Waals surface area contributed by atoms with Crippen LogP contribution in [0.3, 0.4) is 0 Å². The molecule has 0 unspecified atom stereocenters. The molecule has 0 spiro atoms. The summed E-state index contributed by atoms with van der Waals surface area (Å²) in [5.74, 6) is 0.0759. The second-order valence-corrected chi connectivity index (χ2v) is 6.77. The summed E-state index contributed by atoms with van der Waals surface area (Å²) < 4.78 is 6.59. The summed E-state index contributed by atoms with van der Waals surface area (Å²) in [7, 11) is 1.40. The summed E-state index contributed by atoms with van der Waals surface area (Å²) in [5, 5.41) is 10.2. The number of halogens is 1. The van der Waals surface area contributed by atoms with Crippen LogP contribution in [0, 0.1) is 0 Å². The summed E-state index contributed by atoms with van der Waals surface area (Å²) in [4.78, 5) is 28.5. The van der Waals surface area contributed by atoms with Crippen LogP contribution < -0.4 is 15.1 Å². The molecule has 1 saturated heterocycles. The molecule has 1 N–H and O–H groups in total. The summed E-state index contributed by atoms with van der Waals surface area (Å²) in [6.07, 6.45) is 1.47. The van der Waals surface area contributed by atoms with Crippen LogP contribution in [-0.4, -0.2) is 53.8 Å². The van der Waals surface area contributed by atoms with Crippen molar-refractivity contribution < 1.29 is 14.6 Å². The van der Waals surface area contributed by atoms with E-state index >= 15 is 0 Å². The average Bonchev–Trinajstić information content (AvgIpc) is 2.69. The number of amides is 1. The molecule has 144 valence electrons. The highest BCUT2D eigenvalue weighted by molar-refractivity contribution is 6.30. The summed E-state index contributed by atoms with van der Waals surface area (Å²) in [5.41, 5.74) is 1.11. The number of anilines is 1. The minimum atomic E-state index is -0.324. The molecule has 2 heterocycles. The highest BCUT2D eigenvalue weighted by atomic mass is 35.5. The number of carbonyl (C=O) groups excluding carboxylic acids is 1. The van der Waals surface area contributed by atoms with Gasteiger partial charge in [-0.3, -0.25) is 9.59 Å². The molecule has 0 bridgehead atoms. The fraction of sp³-hybridized carbons (Fsp3) is 0.368. The van der Waals surface area contributed by atoms with Gasteiger partial charge in [-0.25, -0.2) is 0 Å². The number of pyridine rings is 1. The predicted octanol–water partition coefficient (Wildman–Crippen LogP) is 1.35. The highest BCUT2D eigenvalue weighted by Crippen LogP contribution is 2.21. The molecule has 0 aliphatic carbocycles. The molecule has 1 aromatic heterocycles. The number of aromatic nitrogens is 1. The van der Waals surface area contributed by atoms with E-state index in [1.165, 1.54) is 19.4 Å². The molecule has 7 nitrogen and oxygen atoms in total. The first-order chi connectivity index (χ1) is 13.0. The van der Waals surface area contributed by atoms with Crippen molar-refractivity contribution in [1.29, 1.82) is 0 Å². The number of rotatable bonds is 5. The monoisotopic (exact) mass is 391 g/mol. The minimum absolute atomic E-state index is 0.0453. The lowest BCUT2D eigenvalue weighted by Crippen LogP contribution is -2.49. The predicted molar refractivity (Wildman–Crippen MR) is 103 cm³/mol. The number of aliphatic hydroxyl groups is 1. The lowest BCUT2D eigenvalue weighted by atomic mass is 10.2. The van der Waals surface area contributed by atoms with Crippen LogP contribution in [-0.2, 0) is 17.9 Å². The number of methoxy groups -OCH3 is 1. The van der Waals surface area contributed by atoms with Gasteiger partial charge in [0, 0.05) is 48.6 Å². The number of hydrogen-bond donors (Lipinski definition) is 1. The number of piperazine rings is 1. The first-order valence-electron chi connectivity index (χ1n) is 8.68. The van der Waals surface area contributed by atoms with Crippen molar-refractivity contribution in [2.75, 3.05) is 38.2 Å². The quantitative estimate of drug-likeness (QED) is 0.832. The van der Waals surface area contributed by atoms with E-state index in [-0.39, 0.29) is 30.2 Å². The van der Waals surface area contributed by atoms with Crippen molar-refractivity contribution in [2.45, 2.75) is 13.2 Å². The maximum absolute atomic E-state index is 12.7. The molecule has 0 atom stereocenters. The van der Waals surface area contributed by atoms with E-state index in [4.69, 9.17) is 16.3 Å². The molecule has 1 fully saturated rings. The number of hydrogen-bond acceptors (Lipinski definition) is 5. The molecule has 0 radical (unpaired) electrons. The standard InChI is InChI=1S/C19H22ClN3O4/c1-27-18-11-23(16(13-24)10-17(18)25)12-19(26)22-7-5-21(6-8-22)15-4-2-3-14(20)9-15/h2-4,9-11,24H,5-8,12-13H2,1H3. The lowest BCUT2D eigenvalue weighted by Gasteiger charge is -2.36. The van der Waals surface area contributed by atoms with Crippen LogP contribution in [0.4, 0.5) is 5.69 Å². The minimum Gasteiger partial charge on any atom is -0.491 e. The van der Waals surface area contributed by atoms with Gasteiger partial charge in [0.2, 0.25) is 11.3 Å². The van der Waals surface area contributed by atoms with Gasteiger partial charge in [-0.1, -0.05) is 17.7 Å². The van der Waals surface area contributed by atoms with Gasteiger partial charge in [0.25, 0.3) is 0 Å². The van der Waals surface area contributed by atoms with E-state index in [9.17, 15) is 14.7 Å². The Hall–Kier alpha value is -2.51. The first-order valence-corrected chi connectivity index (χ1v) is 9.06. The third-order valence-corrected chi connectivity index (χ3v) is 4.91. The maximum Gasteiger partial charge on any atom is 0.242 e. The third-order valence-electron chi connectivity index (χ3n) is 4.68. The first kappa shape index (κ1) is 19.3. The Balaban J connectivity index is 1.66. The summed E-state index contributed by atoms with van der Waals surface area (Å²) >= 11 is 6.05. The molecular formula is C19H22ClN3O4. The molecule has 1 aliphatic rings. The molecule has 1 aliphatic heterocycles. The number of nitrogens with zero attached hydrogens (tertiary/aromatic N) is 3. The topological polar surface area (TPSA) is 75.0 Å². The van der Waals surface area contributed by atoms with Gasteiger partial charge in [0.1, 0.15) is 6.54 Å². The normalized spacial score (nSPS) is 14.3. The number of benzene rings is 1. The Morgan fingerprint density at radius 1 is 1.22 bits per heavy atom. The number of carbonyl (C=O) groups is 1. The summed E-state index contributed by atoms with van der Waals surface area (Å²) in [6.45, 7) is 2.34. The van der Waals surface area contributed by atoms with Crippen LogP contribution >= 0.6 is 11.6 Å². The van der Waals surface area contributed by atoms with E-state index in [1.807, 2.05) is 24.3 Å². The van der Waals surface area contributed by atoms with Gasteiger partial charge in [-0.05, 0) is 18.2 Å². The van der Waals surface area contributed by atoms with Crippen molar-refractivity contribution in [3.8, 4) is 5.75 Å². The zero-order valence-electron chi connectivity index (χ0n) is 15.1. The Bertz CT molecular complexity index is 875. The zero-order valence-corrected chi connectivity index (χ0v) is 15.9. The van der Waals surface area contributed by atoms with E-state index in [2.05, 4.69) is 4.90 Å². The zero-order chi connectivity index (χ0) is 19.4. The van der Waals surface area contributed by atoms with Crippen molar-refractivity contribution in [1.82, 2.24) is 9.47 Å². The van der Waals surface area contributed by atoms with Crippen molar-refractivity contribution in [2.24, 2.45) is 0 Å². The molecule has 8 heteroatoms. The van der Waals surface area contributed by atoms with Crippen molar-refractivity contribution in [3.05, 3.63) is 57.5 Å². The van der Waals surface area contributed by atoms with E-state index in [0.29, 0.717) is 36.9 Å². The molecule has 3 rings (SSSR count). The van der Waals surface area contributed by atoms with Gasteiger partial charge in [-0.2, -0.15) is 0 Å². The molecular weight excluding hydrogens is 370 g/mol. The summed E-state index contributed by atoms with van der Waals surface area (Å²) in [6, 6.07) is 8.96. The Morgan fingerprint density at radius 3 is 2.59 bits per heavy atom. The molecule has 27 heavy (non-hydrogen) atoms. The molecule has 2 aromatic rings. The van der Waals surface area contributed by atoms with Gasteiger partial charge < -0.3 is 24.2 Å².